The molecule has 0 N–H and O–H groups in total. The Kier molecular flexibility index (Phi) is 16.0. The SMILES string of the molecule is [CH2]CC=CCCCCCCCC=CCCCCC. The second-order valence-corrected chi connectivity index (χ2v) is 5.07. The van der Waals surface area contributed by atoms with Gasteiger partial charge < -0.3 is 0 Å². The first-order valence-corrected chi connectivity index (χ1v) is 8.01. The van der Waals surface area contributed by atoms with E-state index >= 15 is 0 Å². The Morgan fingerprint density at radius 1 is 0.611 bits per heavy atom. The van der Waals surface area contributed by atoms with Crippen LogP contribution in [0.4, 0.5) is 0 Å². The normalized spacial score (nSPS) is 11.9. The van der Waals surface area contributed by atoms with Crippen LogP contribution in [0.3, 0.4) is 0 Å². The molecule has 0 aliphatic rings. The van der Waals surface area contributed by atoms with Gasteiger partial charge in [0.1, 0.15) is 0 Å². The molecule has 0 bridgehead atoms. The first kappa shape index (κ1) is 17.5. The quantitative estimate of drug-likeness (QED) is 0.254. The molecule has 0 aromatic rings. The van der Waals surface area contributed by atoms with E-state index in [0.717, 1.165) is 6.42 Å². The Morgan fingerprint density at radius 2 is 1.06 bits per heavy atom. The fraction of sp³-hybridized carbons (Fsp3) is 0.722. The number of hydrogen-bond acceptors (Lipinski definition) is 0. The van der Waals surface area contributed by atoms with E-state index in [-0.39, 0.29) is 0 Å². The summed E-state index contributed by atoms with van der Waals surface area (Å²) in [5.74, 6) is 0. The van der Waals surface area contributed by atoms with Crippen LogP contribution in [-0.2, 0) is 0 Å². The summed E-state index contributed by atoms with van der Waals surface area (Å²) in [4.78, 5) is 0. The van der Waals surface area contributed by atoms with Gasteiger partial charge in [0.25, 0.3) is 0 Å². The molecule has 105 valence electrons. The fourth-order valence-electron chi connectivity index (χ4n) is 2.04. The first-order valence-electron chi connectivity index (χ1n) is 8.01. The third-order valence-electron chi connectivity index (χ3n) is 3.22. The summed E-state index contributed by atoms with van der Waals surface area (Å²) in [5.41, 5.74) is 0. The van der Waals surface area contributed by atoms with Gasteiger partial charge >= 0.3 is 0 Å². The van der Waals surface area contributed by atoms with Gasteiger partial charge in [-0.05, 0) is 51.9 Å². The van der Waals surface area contributed by atoms with E-state index in [2.05, 4.69) is 38.2 Å². The number of allylic oxidation sites excluding steroid dienone is 4. The molecule has 0 spiro atoms. The van der Waals surface area contributed by atoms with Crippen LogP contribution in [-0.4, -0.2) is 0 Å². The average Bonchev–Trinajstić information content (AvgIpc) is 2.39. The molecule has 0 rings (SSSR count). The maximum atomic E-state index is 3.79. The van der Waals surface area contributed by atoms with Crippen molar-refractivity contribution in [3.63, 3.8) is 0 Å². The van der Waals surface area contributed by atoms with Gasteiger partial charge in [-0.15, -0.1) is 0 Å². The number of hydrogen-bond donors (Lipinski definition) is 0. The Bertz CT molecular complexity index is 188. The lowest BCUT2D eigenvalue weighted by Crippen LogP contribution is -1.78. The molecule has 0 aromatic heterocycles. The van der Waals surface area contributed by atoms with E-state index in [0.29, 0.717) is 0 Å². The summed E-state index contributed by atoms with van der Waals surface area (Å²) in [6.45, 7) is 6.05. The topological polar surface area (TPSA) is 0 Å². The van der Waals surface area contributed by atoms with Crippen LogP contribution in [0.25, 0.3) is 0 Å². The van der Waals surface area contributed by atoms with Crippen LogP contribution in [0, 0.1) is 6.92 Å². The van der Waals surface area contributed by atoms with Crippen LogP contribution in [0.15, 0.2) is 24.3 Å². The Hall–Kier alpha value is -0.520. The predicted molar refractivity (Wildman–Crippen MR) is 84.7 cm³/mol. The lowest BCUT2D eigenvalue weighted by molar-refractivity contribution is 0.621. The van der Waals surface area contributed by atoms with Gasteiger partial charge in [0.2, 0.25) is 0 Å². The summed E-state index contributed by atoms with van der Waals surface area (Å²) in [6.07, 6.45) is 24.9. The molecular weight excluding hydrogens is 216 g/mol. The van der Waals surface area contributed by atoms with Gasteiger partial charge in [0, 0.05) is 0 Å². The molecule has 0 unspecified atom stereocenters. The van der Waals surface area contributed by atoms with E-state index in [1.807, 2.05) is 0 Å². The van der Waals surface area contributed by atoms with E-state index in [1.54, 1.807) is 0 Å². The highest BCUT2D eigenvalue weighted by atomic mass is 13.9. The zero-order valence-corrected chi connectivity index (χ0v) is 12.5. The minimum atomic E-state index is 0.935. The highest BCUT2D eigenvalue weighted by Crippen LogP contribution is 2.08. The maximum absolute atomic E-state index is 3.79. The van der Waals surface area contributed by atoms with Crippen molar-refractivity contribution in [3.8, 4) is 0 Å². The third kappa shape index (κ3) is 15.5. The van der Waals surface area contributed by atoms with Gasteiger partial charge in [-0.25, -0.2) is 0 Å². The van der Waals surface area contributed by atoms with Crippen molar-refractivity contribution in [1.29, 1.82) is 0 Å². The fourth-order valence-corrected chi connectivity index (χ4v) is 2.04. The van der Waals surface area contributed by atoms with Crippen molar-refractivity contribution in [2.75, 3.05) is 0 Å². The molecule has 1 radical (unpaired) electrons. The minimum absolute atomic E-state index is 0.935. The second-order valence-electron chi connectivity index (χ2n) is 5.07. The van der Waals surface area contributed by atoms with E-state index in [4.69, 9.17) is 0 Å². The van der Waals surface area contributed by atoms with Gasteiger partial charge in [0.15, 0.2) is 0 Å². The Morgan fingerprint density at radius 3 is 1.56 bits per heavy atom. The van der Waals surface area contributed by atoms with Crippen LogP contribution < -0.4 is 0 Å². The van der Waals surface area contributed by atoms with Crippen LogP contribution in [0.5, 0.6) is 0 Å². The highest BCUT2D eigenvalue weighted by molar-refractivity contribution is 4.82. The van der Waals surface area contributed by atoms with Gasteiger partial charge in [-0.3, -0.25) is 0 Å². The van der Waals surface area contributed by atoms with Crippen molar-refractivity contribution >= 4 is 0 Å². The number of rotatable bonds is 13. The van der Waals surface area contributed by atoms with Crippen LogP contribution in [0.2, 0.25) is 0 Å². The van der Waals surface area contributed by atoms with Crippen molar-refractivity contribution < 1.29 is 0 Å². The van der Waals surface area contributed by atoms with Crippen molar-refractivity contribution in [3.05, 3.63) is 31.2 Å². The van der Waals surface area contributed by atoms with Crippen molar-refractivity contribution in [2.45, 2.75) is 84.0 Å². The molecule has 18 heavy (non-hydrogen) atoms. The molecule has 0 heteroatoms. The standard InChI is InChI=1S/C18H33/c1-3-5-7-9-11-13-15-17-18-16-14-12-10-8-6-4-2/h5,7,12,14H,1,3-4,6,8-11,13,15-18H2,2H3. The van der Waals surface area contributed by atoms with Gasteiger partial charge in [-0.2, -0.15) is 0 Å². The molecule has 0 amide bonds. The molecule has 0 fully saturated rings. The smallest absolute Gasteiger partial charge is 0.0351 e. The summed E-state index contributed by atoms with van der Waals surface area (Å²) < 4.78 is 0. The van der Waals surface area contributed by atoms with Crippen molar-refractivity contribution in [1.82, 2.24) is 0 Å². The molecule has 0 atom stereocenters. The summed E-state index contributed by atoms with van der Waals surface area (Å²) >= 11 is 0. The molecule has 0 aliphatic heterocycles. The molecule has 0 aromatic carbocycles. The molecule has 0 saturated heterocycles. The third-order valence-corrected chi connectivity index (χ3v) is 3.22. The predicted octanol–water partition coefficient (Wildman–Crippen LogP) is 6.63. The Balaban J connectivity index is 3.04. The first-order chi connectivity index (χ1) is 8.91. The average molecular weight is 249 g/mol. The van der Waals surface area contributed by atoms with Gasteiger partial charge in [0.05, 0.1) is 0 Å². The van der Waals surface area contributed by atoms with Crippen molar-refractivity contribution in [2.24, 2.45) is 0 Å². The molecule has 0 nitrogen and oxygen atoms in total. The summed E-state index contributed by atoms with van der Waals surface area (Å²) in [5, 5.41) is 0. The number of unbranched alkanes of at least 4 members (excludes halogenated alkanes) is 9. The second kappa shape index (κ2) is 16.5. The zero-order chi connectivity index (χ0) is 13.3. The van der Waals surface area contributed by atoms with Crippen LogP contribution >= 0.6 is 0 Å². The van der Waals surface area contributed by atoms with E-state index in [1.165, 1.54) is 70.6 Å². The Labute approximate surface area is 116 Å². The summed E-state index contributed by atoms with van der Waals surface area (Å²) in [7, 11) is 0. The zero-order valence-electron chi connectivity index (χ0n) is 12.5. The van der Waals surface area contributed by atoms with E-state index < -0.39 is 0 Å². The largest absolute Gasteiger partial charge is 0.0885 e. The monoisotopic (exact) mass is 249 g/mol. The lowest BCUT2D eigenvalue weighted by Gasteiger charge is -1.98. The maximum Gasteiger partial charge on any atom is -0.0351 e. The lowest BCUT2D eigenvalue weighted by atomic mass is 10.1. The molecule has 0 aliphatic carbocycles. The van der Waals surface area contributed by atoms with Crippen LogP contribution in [0.1, 0.15) is 84.0 Å². The van der Waals surface area contributed by atoms with Gasteiger partial charge in [-0.1, -0.05) is 63.3 Å². The highest BCUT2D eigenvalue weighted by Gasteiger charge is 1.89. The molecule has 0 heterocycles. The molecule has 0 saturated carbocycles. The summed E-state index contributed by atoms with van der Waals surface area (Å²) in [6, 6.07) is 0. The minimum Gasteiger partial charge on any atom is -0.0885 e. The molecular formula is C18H33. The van der Waals surface area contributed by atoms with E-state index in [9.17, 15) is 0 Å².